The number of aryl methyl sites for hydroxylation is 2. The van der Waals surface area contributed by atoms with Crippen molar-refractivity contribution in [1.82, 2.24) is 0 Å². The molecule has 0 bridgehead atoms. The Kier molecular flexibility index (Phi) is 7.40. The van der Waals surface area contributed by atoms with E-state index in [1.807, 2.05) is 18.2 Å². The van der Waals surface area contributed by atoms with E-state index < -0.39 is 0 Å². The van der Waals surface area contributed by atoms with E-state index in [9.17, 15) is 5.26 Å². The molecule has 0 fully saturated rings. The second-order valence-electron chi connectivity index (χ2n) is 8.44. The molecule has 0 N–H and O–H groups in total. The minimum Gasteiger partial charge on any atom is -0.192 e. The van der Waals surface area contributed by atoms with Crippen molar-refractivity contribution in [2.24, 2.45) is 0 Å². The third kappa shape index (κ3) is 5.36. The van der Waals surface area contributed by atoms with Crippen molar-refractivity contribution in [3.05, 3.63) is 99.7 Å². The van der Waals surface area contributed by atoms with Crippen LogP contribution in [0, 0.1) is 18.3 Å². The van der Waals surface area contributed by atoms with Crippen LogP contribution in [0.2, 0.25) is 0 Å². The van der Waals surface area contributed by atoms with Crippen LogP contribution in [0.1, 0.15) is 69.4 Å². The number of benzene rings is 2. The second-order valence-corrected chi connectivity index (χ2v) is 8.44. The third-order valence-corrected chi connectivity index (χ3v) is 5.80. The molecule has 0 amide bonds. The summed E-state index contributed by atoms with van der Waals surface area (Å²) in [5.41, 5.74) is 9.22. The Morgan fingerprint density at radius 2 is 1.79 bits per heavy atom. The van der Waals surface area contributed by atoms with Gasteiger partial charge in [0.25, 0.3) is 0 Å². The number of hydrogen-bond acceptors (Lipinski definition) is 1. The van der Waals surface area contributed by atoms with Gasteiger partial charge in [-0.1, -0.05) is 80.5 Å². The molecular weight excluding hydrogens is 350 g/mol. The monoisotopic (exact) mass is 383 g/mol. The Morgan fingerprint density at radius 3 is 2.41 bits per heavy atom. The highest BCUT2D eigenvalue weighted by Gasteiger charge is 2.25. The smallest absolute Gasteiger partial charge is 0.0997 e. The van der Waals surface area contributed by atoms with Crippen molar-refractivity contribution < 1.29 is 0 Å². The number of rotatable bonds is 6. The third-order valence-electron chi connectivity index (χ3n) is 5.80. The first-order valence-electron chi connectivity index (χ1n) is 10.3. The lowest BCUT2D eigenvalue weighted by molar-refractivity contribution is 0.634. The average Bonchev–Trinajstić information content (AvgIpc) is 2.71. The fourth-order valence-corrected chi connectivity index (χ4v) is 3.45. The maximum Gasteiger partial charge on any atom is 0.0997 e. The lowest BCUT2D eigenvalue weighted by atomic mass is 9.75. The van der Waals surface area contributed by atoms with Crippen molar-refractivity contribution >= 4 is 5.57 Å². The van der Waals surface area contributed by atoms with E-state index in [1.54, 1.807) is 0 Å². The summed E-state index contributed by atoms with van der Waals surface area (Å²) in [6.45, 7) is 15.2. The van der Waals surface area contributed by atoms with Gasteiger partial charge in [-0.15, -0.1) is 0 Å². The van der Waals surface area contributed by atoms with Crippen molar-refractivity contribution in [3.63, 3.8) is 0 Å². The predicted octanol–water partition coefficient (Wildman–Crippen LogP) is 7.70. The van der Waals surface area contributed by atoms with Crippen LogP contribution in [0.25, 0.3) is 5.57 Å². The van der Waals surface area contributed by atoms with E-state index in [0.29, 0.717) is 5.57 Å². The SMILES string of the molecule is CCc1ccc(C)c(C(C)(C)c2cccc(/C(C#N)=C/C=C/C(C)=C(C)C)c2)c1. The molecule has 29 heavy (non-hydrogen) atoms. The predicted molar refractivity (Wildman–Crippen MR) is 126 cm³/mol. The van der Waals surface area contributed by atoms with Gasteiger partial charge in [0.2, 0.25) is 0 Å². The largest absolute Gasteiger partial charge is 0.192 e. The van der Waals surface area contributed by atoms with Gasteiger partial charge in [-0.05, 0) is 74.1 Å². The molecule has 2 aromatic carbocycles. The first kappa shape index (κ1) is 22.4. The van der Waals surface area contributed by atoms with Crippen LogP contribution in [0.4, 0.5) is 0 Å². The zero-order valence-corrected chi connectivity index (χ0v) is 18.9. The van der Waals surface area contributed by atoms with Crippen LogP contribution in [-0.2, 0) is 11.8 Å². The molecule has 0 heterocycles. The fraction of sp³-hybridized carbons (Fsp3) is 0.321. The molecule has 2 aromatic rings. The van der Waals surface area contributed by atoms with Crippen molar-refractivity contribution in [3.8, 4) is 6.07 Å². The summed E-state index contributed by atoms with van der Waals surface area (Å²) >= 11 is 0. The quantitative estimate of drug-likeness (QED) is 0.370. The van der Waals surface area contributed by atoms with Gasteiger partial charge >= 0.3 is 0 Å². The summed E-state index contributed by atoms with van der Waals surface area (Å²) in [4.78, 5) is 0. The van der Waals surface area contributed by atoms with E-state index in [-0.39, 0.29) is 5.41 Å². The van der Waals surface area contributed by atoms with E-state index in [1.165, 1.54) is 33.4 Å². The van der Waals surface area contributed by atoms with E-state index in [4.69, 9.17) is 0 Å². The highest BCUT2D eigenvalue weighted by Crippen LogP contribution is 2.35. The number of hydrogen-bond donors (Lipinski definition) is 0. The first-order valence-corrected chi connectivity index (χ1v) is 10.3. The molecule has 0 spiro atoms. The van der Waals surface area contributed by atoms with Gasteiger partial charge in [0.15, 0.2) is 0 Å². The van der Waals surface area contributed by atoms with E-state index in [0.717, 1.165) is 12.0 Å². The summed E-state index contributed by atoms with van der Waals surface area (Å²) < 4.78 is 0. The zero-order chi connectivity index (χ0) is 21.6. The minimum absolute atomic E-state index is 0.139. The van der Waals surface area contributed by atoms with Gasteiger partial charge in [-0.25, -0.2) is 0 Å². The normalized spacial score (nSPS) is 12.1. The summed E-state index contributed by atoms with van der Waals surface area (Å²) in [6, 6.07) is 17.5. The molecule has 150 valence electrons. The van der Waals surface area contributed by atoms with Crippen molar-refractivity contribution in [1.29, 1.82) is 5.26 Å². The van der Waals surface area contributed by atoms with Gasteiger partial charge in [-0.2, -0.15) is 5.26 Å². The Bertz CT molecular complexity index is 1000. The van der Waals surface area contributed by atoms with E-state index >= 15 is 0 Å². The maximum absolute atomic E-state index is 9.71. The number of allylic oxidation sites excluding steroid dienone is 6. The number of nitrogens with zero attached hydrogens (tertiary/aromatic N) is 1. The van der Waals surface area contributed by atoms with Crippen LogP contribution < -0.4 is 0 Å². The summed E-state index contributed by atoms with van der Waals surface area (Å²) in [6.07, 6.45) is 6.96. The average molecular weight is 384 g/mol. The lowest BCUT2D eigenvalue weighted by Crippen LogP contribution is -2.20. The van der Waals surface area contributed by atoms with Gasteiger partial charge in [0, 0.05) is 5.41 Å². The lowest BCUT2D eigenvalue weighted by Gasteiger charge is -2.29. The Morgan fingerprint density at radius 1 is 1.07 bits per heavy atom. The fourth-order valence-electron chi connectivity index (χ4n) is 3.45. The first-order chi connectivity index (χ1) is 13.7. The molecule has 1 nitrogen and oxygen atoms in total. The molecule has 0 aromatic heterocycles. The van der Waals surface area contributed by atoms with Gasteiger partial charge < -0.3 is 0 Å². The van der Waals surface area contributed by atoms with Crippen molar-refractivity contribution in [2.75, 3.05) is 0 Å². The van der Waals surface area contributed by atoms with E-state index in [2.05, 4.69) is 97.0 Å². The van der Waals surface area contributed by atoms with Crippen LogP contribution in [0.3, 0.4) is 0 Å². The Hall–Kier alpha value is -2.85. The molecule has 2 rings (SSSR count). The summed E-state index contributed by atoms with van der Waals surface area (Å²) in [5, 5.41) is 9.71. The molecule has 0 saturated heterocycles. The van der Waals surface area contributed by atoms with Gasteiger partial charge in [0.05, 0.1) is 11.6 Å². The standard InChI is InChI=1S/C28H33N/c1-8-23-16-15-22(5)27(17-23)28(6,7)26-14-10-12-24(18-26)25(19-29)13-9-11-21(4)20(2)3/h9-18H,8H2,1-7H3/b11-9+,25-13+. The minimum atomic E-state index is -0.139. The number of nitriles is 1. The molecule has 0 atom stereocenters. The molecular formula is C28H33N. The second kappa shape index (κ2) is 9.57. The summed E-state index contributed by atoms with van der Waals surface area (Å²) in [5.74, 6) is 0. The zero-order valence-electron chi connectivity index (χ0n) is 18.9. The van der Waals surface area contributed by atoms with Gasteiger partial charge in [0.1, 0.15) is 0 Å². The Labute approximate surface area is 177 Å². The molecule has 0 unspecified atom stereocenters. The topological polar surface area (TPSA) is 23.8 Å². The van der Waals surface area contributed by atoms with Crippen LogP contribution in [-0.4, -0.2) is 0 Å². The summed E-state index contributed by atoms with van der Waals surface area (Å²) in [7, 11) is 0. The molecule has 1 heteroatoms. The Balaban J connectivity index is 2.47. The maximum atomic E-state index is 9.71. The highest BCUT2D eigenvalue weighted by atomic mass is 14.3. The molecule has 0 aliphatic heterocycles. The molecule has 0 aliphatic rings. The van der Waals surface area contributed by atoms with Gasteiger partial charge in [-0.3, -0.25) is 0 Å². The van der Waals surface area contributed by atoms with Crippen LogP contribution >= 0.6 is 0 Å². The van der Waals surface area contributed by atoms with Crippen molar-refractivity contribution in [2.45, 2.75) is 60.3 Å². The van der Waals surface area contributed by atoms with Crippen LogP contribution in [0.15, 0.2) is 71.8 Å². The molecule has 0 aliphatic carbocycles. The highest BCUT2D eigenvalue weighted by molar-refractivity contribution is 5.78. The molecule has 0 saturated carbocycles. The van der Waals surface area contributed by atoms with Crippen LogP contribution in [0.5, 0.6) is 0 Å². The molecule has 0 radical (unpaired) electrons.